The number of H-pyrrole nitrogens is 1. The number of nitrogens with zero attached hydrogens (tertiary/aromatic N) is 4. The summed E-state index contributed by atoms with van der Waals surface area (Å²) in [4.78, 5) is 10.4. The maximum atomic E-state index is 9.28. The van der Waals surface area contributed by atoms with Crippen molar-refractivity contribution in [3.8, 4) is 6.07 Å². The summed E-state index contributed by atoms with van der Waals surface area (Å²) in [5, 5.41) is 10.5. The van der Waals surface area contributed by atoms with Gasteiger partial charge in [-0.05, 0) is 36.5 Å². The van der Waals surface area contributed by atoms with Crippen molar-refractivity contribution < 1.29 is 0 Å². The molecule has 2 aromatic heterocycles. The van der Waals surface area contributed by atoms with E-state index in [0.717, 1.165) is 47.8 Å². The standard InChI is InChI=1S/C16H14ClN5S/c17-14-11(8-18)16(23-21-14)22-7-3-4-10(9-22)15-19-12-5-1-2-6-13(12)20-15/h1-2,5-6,10H,3-4,7,9H2,(H,19,20)/t10-/m0/s1. The number of para-hydroxylation sites is 2. The molecule has 1 atom stereocenters. The van der Waals surface area contributed by atoms with Crippen LogP contribution in [-0.2, 0) is 0 Å². The molecule has 5 nitrogen and oxygen atoms in total. The Balaban J connectivity index is 1.63. The van der Waals surface area contributed by atoms with Crippen LogP contribution in [0.15, 0.2) is 24.3 Å². The molecule has 23 heavy (non-hydrogen) atoms. The molecule has 1 aliphatic rings. The molecule has 0 bridgehead atoms. The fourth-order valence-electron chi connectivity index (χ4n) is 3.12. The molecule has 3 heterocycles. The third-order valence-corrected chi connectivity index (χ3v) is 5.53. The molecule has 1 fully saturated rings. The van der Waals surface area contributed by atoms with Gasteiger partial charge < -0.3 is 9.88 Å². The van der Waals surface area contributed by atoms with Crippen LogP contribution in [0.3, 0.4) is 0 Å². The topological polar surface area (TPSA) is 68.6 Å². The Morgan fingerprint density at radius 1 is 1.39 bits per heavy atom. The summed E-state index contributed by atoms with van der Waals surface area (Å²) >= 11 is 7.30. The van der Waals surface area contributed by atoms with Crippen LogP contribution in [0.2, 0.25) is 5.15 Å². The lowest BCUT2D eigenvalue weighted by atomic mass is 9.97. The maximum Gasteiger partial charge on any atom is 0.162 e. The summed E-state index contributed by atoms with van der Waals surface area (Å²) in [6.45, 7) is 1.75. The van der Waals surface area contributed by atoms with Crippen molar-refractivity contribution in [2.75, 3.05) is 18.0 Å². The minimum atomic E-state index is 0.304. The Morgan fingerprint density at radius 3 is 3.09 bits per heavy atom. The Labute approximate surface area is 142 Å². The number of fused-ring (bicyclic) bond motifs is 1. The minimum Gasteiger partial charge on any atom is -0.360 e. The van der Waals surface area contributed by atoms with Gasteiger partial charge in [-0.15, -0.1) is 0 Å². The van der Waals surface area contributed by atoms with E-state index >= 15 is 0 Å². The molecular weight excluding hydrogens is 330 g/mol. The zero-order valence-electron chi connectivity index (χ0n) is 12.3. The van der Waals surface area contributed by atoms with E-state index in [0.29, 0.717) is 16.6 Å². The fraction of sp³-hybridized carbons (Fsp3) is 0.312. The molecule has 0 aliphatic carbocycles. The van der Waals surface area contributed by atoms with Gasteiger partial charge in [0.15, 0.2) is 5.15 Å². The first-order valence-electron chi connectivity index (χ1n) is 7.51. The first kappa shape index (κ1) is 14.5. The van der Waals surface area contributed by atoms with E-state index in [2.05, 4.69) is 20.3 Å². The van der Waals surface area contributed by atoms with Crippen LogP contribution in [0, 0.1) is 11.3 Å². The van der Waals surface area contributed by atoms with Gasteiger partial charge in [0.2, 0.25) is 0 Å². The maximum absolute atomic E-state index is 9.28. The van der Waals surface area contributed by atoms with Gasteiger partial charge in [0.25, 0.3) is 0 Å². The van der Waals surface area contributed by atoms with E-state index in [1.807, 2.05) is 24.3 Å². The number of nitriles is 1. The van der Waals surface area contributed by atoms with Crippen molar-refractivity contribution in [3.05, 3.63) is 40.8 Å². The lowest BCUT2D eigenvalue weighted by molar-refractivity contribution is 0.497. The molecule has 0 radical (unpaired) electrons. The molecule has 7 heteroatoms. The van der Waals surface area contributed by atoms with Gasteiger partial charge >= 0.3 is 0 Å². The predicted octanol–water partition coefficient (Wildman–Crippen LogP) is 3.93. The van der Waals surface area contributed by atoms with E-state index in [-0.39, 0.29) is 0 Å². The molecule has 0 amide bonds. The number of anilines is 1. The monoisotopic (exact) mass is 343 g/mol. The Morgan fingerprint density at radius 2 is 2.26 bits per heavy atom. The molecule has 1 N–H and O–H groups in total. The van der Waals surface area contributed by atoms with Gasteiger partial charge in [-0.1, -0.05) is 23.7 Å². The van der Waals surface area contributed by atoms with Gasteiger partial charge in [-0.2, -0.15) is 9.64 Å². The molecule has 1 saturated heterocycles. The number of imidazole rings is 1. The smallest absolute Gasteiger partial charge is 0.162 e. The van der Waals surface area contributed by atoms with Crippen molar-refractivity contribution in [2.24, 2.45) is 0 Å². The summed E-state index contributed by atoms with van der Waals surface area (Å²) in [7, 11) is 0. The van der Waals surface area contributed by atoms with E-state index in [1.165, 1.54) is 11.5 Å². The van der Waals surface area contributed by atoms with Gasteiger partial charge in [0.05, 0.1) is 11.0 Å². The first-order chi connectivity index (χ1) is 11.3. The van der Waals surface area contributed by atoms with Crippen molar-refractivity contribution >= 4 is 39.2 Å². The normalized spacial score (nSPS) is 18.3. The molecule has 0 unspecified atom stereocenters. The van der Waals surface area contributed by atoms with Crippen LogP contribution in [0.1, 0.15) is 30.1 Å². The summed E-state index contributed by atoms with van der Waals surface area (Å²) in [5.41, 5.74) is 2.55. The fourth-order valence-corrected chi connectivity index (χ4v) is 4.19. The quantitative estimate of drug-likeness (QED) is 0.765. The van der Waals surface area contributed by atoms with E-state index in [4.69, 9.17) is 16.6 Å². The van der Waals surface area contributed by atoms with Gasteiger partial charge in [-0.3, -0.25) is 0 Å². The second-order valence-corrected chi connectivity index (χ2v) is 6.80. The highest BCUT2D eigenvalue weighted by Crippen LogP contribution is 2.36. The van der Waals surface area contributed by atoms with Crippen molar-refractivity contribution in [3.63, 3.8) is 0 Å². The molecule has 3 aromatic rings. The summed E-state index contributed by atoms with van der Waals surface area (Å²) < 4.78 is 4.11. The molecule has 1 aliphatic heterocycles. The summed E-state index contributed by atoms with van der Waals surface area (Å²) in [6, 6.07) is 10.2. The molecule has 0 saturated carbocycles. The number of halogens is 1. The molecule has 1 aromatic carbocycles. The van der Waals surface area contributed by atoms with Crippen LogP contribution in [0.5, 0.6) is 0 Å². The number of aromatic nitrogens is 3. The number of piperidine rings is 1. The average Bonchev–Trinajstić information content (AvgIpc) is 3.18. The second kappa shape index (κ2) is 5.84. The summed E-state index contributed by atoms with van der Waals surface area (Å²) in [6.07, 6.45) is 2.15. The highest BCUT2D eigenvalue weighted by molar-refractivity contribution is 7.10. The number of benzene rings is 1. The van der Waals surface area contributed by atoms with Crippen molar-refractivity contribution in [2.45, 2.75) is 18.8 Å². The minimum absolute atomic E-state index is 0.304. The lowest BCUT2D eigenvalue weighted by Crippen LogP contribution is -2.34. The predicted molar refractivity (Wildman–Crippen MR) is 92.1 cm³/mol. The van der Waals surface area contributed by atoms with Gasteiger partial charge in [-0.25, -0.2) is 4.98 Å². The Hall–Kier alpha value is -2.10. The zero-order chi connectivity index (χ0) is 15.8. The van der Waals surface area contributed by atoms with Gasteiger partial charge in [0, 0.05) is 19.0 Å². The van der Waals surface area contributed by atoms with Crippen LogP contribution < -0.4 is 4.90 Å². The number of nitrogens with one attached hydrogen (secondary N) is 1. The largest absolute Gasteiger partial charge is 0.360 e. The van der Waals surface area contributed by atoms with Crippen LogP contribution in [0.25, 0.3) is 11.0 Å². The number of rotatable bonds is 2. The van der Waals surface area contributed by atoms with Crippen LogP contribution >= 0.6 is 23.1 Å². The highest BCUT2D eigenvalue weighted by atomic mass is 35.5. The van der Waals surface area contributed by atoms with Crippen LogP contribution in [0.4, 0.5) is 5.00 Å². The third-order valence-electron chi connectivity index (χ3n) is 4.25. The molecule has 4 rings (SSSR count). The van der Waals surface area contributed by atoms with E-state index in [9.17, 15) is 5.26 Å². The first-order valence-corrected chi connectivity index (χ1v) is 8.66. The third kappa shape index (κ3) is 2.56. The highest BCUT2D eigenvalue weighted by Gasteiger charge is 2.27. The van der Waals surface area contributed by atoms with Gasteiger partial charge in [0.1, 0.15) is 22.5 Å². The zero-order valence-corrected chi connectivity index (χ0v) is 13.9. The Kier molecular flexibility index (Phi) is 3.68. The lowest BCUT2D eigenvalue weighted by Gasteiger charge is -2.32. The molecular formula is C16H14ClN5S. The number of aromatic amines is 1. The van der Waals surface area contributed by atoms with E-state index < -0.39 is 0 Å². The average molecular weight is 344 g/mol. The summed E-state index contributed by atoms with van der Waals surface area (Å²) in [5.74, 6) is 1.34. The van der Waals surface area contributed by atoms with Crippen molar-refractivity contribution in [1.29, 1.82) is 5.26 Å². The molecule has 0 spiro atoms. The molecule has 116 valence electrons. The SMILES string of the molecule is N#Cc1c(Cl)nsc1N1CCC[C@H](c2nc3ccccc3[nH]2)C1. The Bertz CT molecular complexity index is 860. The van der Waals surface area contributed by atoms with E-state index in [1.54, 1.807) is 0 Å². The number of hydrogen-bond acceptors (Lipinski definition) is 5. The number of hydrogen-bond donors (Lipinski definition) is 1. The van der Waals surface area contributed by atoms with Crippen molar-refractivity contribution in [1.82, 2.24) is 14.3 Å². The van der Waals surface area contributed by atoms with Crippen LogP contribution in [-0.4, -0.2) is 27.4 Å². The second-order valence-electron chi connectivity index (χ2n) is 5.69.